The van der Waals surface area contributed by atoms with Crippen LogP contribution < -0.4 is 9.47 Å². The van der Waals surface area contributed by atoms with Crippen molar-refractivity contribution < 1.29 is 47.5 Å². The summed E-state index contributed by atoms with van der Waals surface area (Å²) in [6.45, 7) is 7.98. The van der Waals surface area contributed by atoms with E-state index in [0.29, 0.717) is 42.6 Å². The number of hydrogen-bond donors (Lipinski definition) is 2. The molecule has 0 unspecified atom stereocenters. The number of esters is 2. The van der Waals surface area contributed by atoms with Crippen LogP contribution in [-0.4, -0.2) is 57.2 Å². The lowest BCUT2D eigenvalue weighted by Crippen LogP contribution is -2.15. The molecule has 2 heterocycles. The van der Waals surface area contributed by atoms with Gasteiger partial charge in [0.1, 0.15) is 47.7 Å². The number of halogens is 2. The molecule has 10 nitrogen and oxygen atoms in total. The molecule has 66 heavy (non-hydrogen) atoms. The zero-order valence-electron chi connectivity index (χ0n) is 36.7. The Balaban J connectivity index is 0.000000197. The number of aromatic nitrogens is 2. The Morgan fingerprint density at radius 3 is 1.36 bits per heavy atom. The van der Waals surface area contributed by atoms with Gasteiger partial charge in [0.25, 0.3) is 0 Å². The fraction of sp³-hybridized carbons (Fsp3) is 0.185. The third-order valence-electron chi connectivity index (χ3n) is 10.6. The molecule has 0 bridgehead atoms. The van der Waals surface area contributed by atoms with Crippen molar-refractivity contribution >= 4 is 33.7 Å². The van der Waals surface area contributed by atoms with Crippen LogP contribution >= 0.6 is 0 Å². The summed E-state index contributed by atoms with van der Waals surface area (Å²) in [6, 6.07) is 39.1. The van der Waals surface area contributed by atoms with Crippen molar-refractivity contribution in [3.8, 4) is 45.3 Å². The highest BCUT2D eigenvalue weighted by Crippen LogP contribution is 2.33. The Hall–Kier alpha value is -7.54. The van der Waals surface area contributed by atoms with E-state index < -0.39 is 6.10 Å². The van der Waals surface area contributed by atoms with Crippen LogP contribution in [0.3, 0.4) is 0 Å². The largest absolute Gasteiger partial charge is 0.465 e. The van der Waals surface area contributed by atoms with Crippen molar-refractivity contribution in [2.75, 3.05) is 19.8 Å². The van der Waals surface area contributed by atoms with Crippen molar-refractivity contribution in [2.24, 2.45) is 0 Å². The van der Waals surface area contributed by atoms with Crippen molar-refractivity contribution in [3.05, 3.63) is 181 Å². The number of ether oxygens (including phenoxy) is 4. The molecule has 6 aromatic carbocycles. The molecular formula is C54H50F2N2O8. The van der Waals surface area contributed by atoms with Crippen LogP contribution in [-0.2, 0) is 45.0 Å². The summed E-state index contributed by atoms with van der Waals surface area (Å²) in [6.07, 6.45) is 5.75. The lowest BCUT2D eigenvalue weighted by Gasteiger charge is -2.09. The Labute approximate surface area is 381 Å². The van der Waals surface area contributed by atoms with Crippen LogP contribution in [0.5, 0.6) is 23.0 Å². The minimum atomic E-state index is -0.895. The SMILES string of the molecule is C=CCc1cn(CC(=O)OCC)c2ccc(-c3ccc(Oc4ccc(F)cc4)cc3)cc12.CCOC(=O)Cn1cc(C[C@H](O)CO)c2cc(-c3ccc(Oc4ccc(F)cc4)cc3)ccc21. The molecule has 0 aliphatic heterocycles. The summed E-state index contributed by atoms with van der Waals surface area (Å²) in [5.74, 6) is 1.22. The van der Waals surface area contributed by atoms with Crippen LogP contribution in [0.2, 0.25) is 0 Å². The molecule has 0 amide bonds. The minimum absolute atomic E-state index is 0.0638. The molecule has 0 radical (unpaired) electrons. The van der Waals surface area contributed by atoms with Crippen LogP contribution in [0.25, 0.3) is 44.1 Å². The predicted molar refractivity (Wildman–Crippen MR) is 252 cm³/mol. The molecule has 0 aliphatic rings. The highest BCUT2D eigenvalue weighted by molar-refractivity contribution is 5.91. The average Bonchev–Trinajstić information content (AvgIpc) is 3.83. The van der Waals surface area contributed by atoms with Gasteiger partial charge in [0.05, 0.1) is 25.9 Å². The van der Waals surface area contributed by atoms with Gasteiger partial charge in [0, 0.05) is 40.6 Å². The zero-order valence-corrected chi connectivity index (χ0v) is 36.7. The van der Waals surface area contributed by atoms with Crippen molar-refractivity contribution in [1.29, 1.82) is 0 Å². The van der Waals surface area contributed by atoms with E-state index >= 15 is 0 Å². The number of carbonyl (C=O) groups is 2. The lowest BCUT2D eigenvalue weighted by molar-refractivity contribution is -0.144. The molecule has 2 aromatic heterocycles. The summed E-state index contributed by atoms with van der Waals surface area (Å²) in [5, 5.41) is 21.3. The normalized spacial score (nSPS) is 11.4. The summed E-state index contributed by atoms with van der Waals surface area (Å²) < 4.78 is 51.6. The van der Waals surface area contributed by atoms with Gasteiger partial charge in [-0.25, -0.2) is 8.78 Å². The molecule has 0 fully saturated rings. The number of aliphatic hydroxyl groups excluding tert-OH is 2. The number of aliphatic hydroxyl groups is 2. The second kappa shape index (κ2) is 21.9. The third kappa shape index (κ3) is 11.8. The first-order chi connectivity index (χ1) is 32.0. The highest BCUT2D eigenvalue weighted by atomic mass is 19.1. The smallest absolute Gasteiger partial charge is 0.325 e. The maximum absolute atomic E-state index is 13.1. The fourth-order valence-corrected chi connectivity index (χ4v) is 7.56. The maximum Gasteiger partial charge on any atom is 0.325 e. The van der Waals surface area contributed by atoms with Gasteiger partial charge in [-0.1, -0.05) is 42.5 Å². The van der Waals surface area contributed by atoms with E-state index in [4.69, 9.17) is 18.9 Å². The Bertz CT molecular complexity index is 2910. The van der Waals surface area contributed by atoms with Crippen molar-refractivity contribution in [3.63, 3.8) is 0 Å². The summed E-state index contributed by atoms with van der Waals surface area (Å²) in [7, 11) is 0. The fourth-order valence-electron chi connectivity index (χ4n) is 7.56. The summed E-state index contributed by atoms with van der Waals surface area (Å²) in [5.41, 5.74) is 7.78. The molecule has 1 atom stereocenters. The van der Waals surface area contributed by atoms with Gasteiger partial charge >= 0.3 is 11.9 Å². The van der Waals surface area contributed by atoms with Crippen LogP contribution in [0.1, 0.15) is 25.0 Å². The number of nitrogens with zero attached hydrogens (tertiary/aromatic N) is 2. The van der Waals surface area contributed by atoms with E-state index in [-0.39, 0.29) is 49.7 Å². The van der Waals surface area contributed by atoms with Gasteiger partial charge in [0.15, 0.2) is 0 Å². The Kier molecular flexibility index (Phi) is 15.4. The second-order valence-corrected chi connectivity index (χ2v) is 15.3. The molecule has 8 aromatic rings. The first-order valence-electron chi connectivity index (χ1n) is 21.6. The number of allylic oxidation sites excluding steroid dienone is 1. The molecule has 338 valence electrons. The van der Waals surface area contributed by atoms with E-state index in [2.05, 4.69) is 12.6 Å². The van der Waals surface area contributed by atoms with E-state index in [1.165, 1.54) is 24.3 Å². The van der Waals surface area contributed by atoms with Gasteiger partial charge in [-0.05, 0) is 151 Å². The molecule has 0 saturated heterocycles. The monoisotopic (exact) mass is 892 g/mol. The van der Waals surface area contributed by atoms with E-state index in [0.717, 1.165) is 55.2 Å². The molecule has 0 aliphatic carbocycles. The standard InChI is InChI=1S/C27H26FNO5.C27H24FNO3/c1-2-33-27(32)16-29-15-20(13-22(31)17-30)25-14-19(5-12-26(25)29)18-3-8-23(9-4-18)34-24-10-6-21(28)7-11-24;1-3-5-21-17-29(18-27(30)31-4-2)26-15-8-20(16-25(21)26)19-6-11-23(12-7-19)32-24-13-9-22(28)10-14-24/h3-12,14-15,22,30-31H,2,13,16-17H2,1H3;3,6-17H,1,4-5,18H2,2H3/t22-;/m0./s1. The van der Waals surface area contributed by atoms with Crippen LogP contribution in [0.15, 0.2) is 159 Å². The van der Waals surface area contributed by atoms with Crippen molar-refractivity contribution in [2.45, 2.75) is 45.9 Å². The van der Waals surface area contributed by atoms with E-state index in [1.807, 2.05) is 102 Å². The number of rotatable bonds is 17. The van der Waals surface area contributed by atoms with Crippen LogP contribution in [0.4, 0.5) is 8.78 Å². The molecule has 0 saturated carbocycles. The molecule has 0 spiro atoms. The molecule has 12 heteroatoms. The quantitative estimate of drug-likeness (QED) is 0.0685. The zero-order chi connectivity index (χ0) is 46.6. The van der Waals surface area contributed by atoms with Crippen LogP contribution in [0, 0.1) is 11.6 Å². The van der Waals surface area contributed by atoms with Gasteiger partial charge in [-0.15, -0.1) is 6.58 Å². The number of fused-ring (bicyclic) bond motifs is 2. The molecule has 2 N–H and O–H groups in total. The number of carbonyl (C=O) groups excluding carboxylic acids is 2. The first kappa shape index (κ1) is 46.5. The third-order valence-corrected chi connectivity index (χ3v) is 10.6. The maximum atomic E-state index is 13.1. The number of benzene rings is 6. The number of hydrogen-bond acceptors (Lipinski definition) is 8. The van der Waals surface area contributed by atoms with Gasteiger partial charge < -0.3 is 38.3 Å². The first-order valence-corrected chi connectivity index (χ1v) is 21.6. The van der Waals surface area contributed by atoms with Crippen molar-refractivity contribution in [1.82, 2.24) is 9.13 Å². The van der Waals surface area contributed by atoms with E-state index in [9.17, 15) is 28.6 Å². The second-order valence-electron chi connectivity index (χ2n) is 15.3. The van der Waals surface area contributed by atoms with Gasteiger partial charge in [-0.2, -0.15) is 0 Å². The van der Waals surface area contributed by atoms with Gasteiger partial charge in [-0.3, -0.25) is 9.59 Å². The molecule has 8 rings (SSSR count). The average molecular weight is 893 g/mol. The lowest BCUT2D eigenvalue weighted by atomic mass is 10.0. The van der Waals surface area contributed by atoms with E-state index in [1.54, 1.807) is 42.7 Å². The Morgan fingerprint density at radius 2 is 0.970 bits per heavy atom. The predicted octanol–water partition coefficient (Wildman–Crippen LogP) is 11.2. The minimum Gasteiger partial charge on any atom is -0.465 e. The topological polar surface area (TPSA) is 121 Å². The van der Waals surface area contributed by atoms with Gasteiger partial charge in [0.2, 0.25) is 0 Å². The molecular weight excluding hydrogens is 843 g/mol. The Morgan fingerprint density at radius 1 is 0.591 bits per heavy atom. The summed E-state index contributed by atoms with van der Waals surface area (Å²) in [4.78, 5) is 24.0. The highest BCUT2D eigenvalue weighted by Gasteiger charge is 2.17. The summed E-state index contributed by atoms with van der Waals surface area (Å²) >= 11 is 0.